The van der Waals surface area contributed by atoms with E-state index >= 15 is 0 Å². The van der Waals surface area contributed by atoms with Crippen molar-refractivity contribution in [3.05, 3.63) is 45.2 Å². The van der Waals surface area contributed by atoms with E-state index in [1.807, 2.05) is 13.1 Å². The molecular weight excluding hydrogens is 266 g/mol. The highest BCUT2D eigenvalue weighted by Gasteiger charge is 2.18. The van der Waals surface area contributed by atoms with Crippen molar-refractivity contribution in [3.63, 3.8) is 0 Å². The van der Waals surface area contributed by atoms with Gasteiger partial charge in [-0.2, -0.15) is 0 Å². The van der Waals surface area contributed by atoms with Crippen LogP contribution in [-0.4, -0.2) is 12.0 Å². The molecular formula is C13H16ClN3S. The van der Waals surface area contributed by atoms with E-state index in [2.05, 4.69) is 34.3 Å². The number of rotatable bonds is 4. The summed E-state index contributed by atoms with van der Waals surface area (Å²) in [4.78, 5) is 7.72. The molecule has 2 aromatic rings. The first-order chi connectivity index (χ1) is 8.65. The zero-order chi connectivity index (χ0) is 13.1. The van der Waals surface area contributed by atoms with Gasteiger partial charge in [0.25, 0.3) is 0 Å². The van der Waals surface area contributed by atoms with E-state index in [-0.39, 0.29) is 6.04 Å². The summed E-state index contributed by atoms with van der Waals surface area (Å²) in [6, 6.07) is 6.26. The van der Waals surface area contributed by atoms with Crippen molar-refractivity contribution < 1.29 is 0 Å². The van der Waals surface area contributed by atoms with E-state index in [0.717, 1.165) is 11.4 Å². The quantitative estimate of drug-likeness (QED) is 0.933. The molecule has 0 aliphatic rings. The van der Waals surface area contributed by atoms with Crippen LogP contribution in [0.3, 0.4) is 0 Å². The van der Waals surface area contributed by atoms with Crippen molar-refractivity contribution in [2.75, 3.05) is 11.9 Å². The third-order valence-electron chi connectivity index (χ3n) is 3.04. The van der Waals surface area contributed by atoms with Crippen molar-refractivity contribution in [1.82, 2.24) is 4.98 Å². The Morgan fingerprint density at radius 2 is 2.28 bits per heavy atom. The summed E-state index contributed by atoms with van der Waals surface area (Å²) in [5.74, 6) is 0.778. The highest BCUT2D eigenvalue weighted by atomic mass is 35.5. The monoisotopic (exact) mass is 281 g/mol. The summed E-state index contributed by atoms with van der Waals surface area (Å²) >= 11 is 8.06. The van der Waals surface area contributed by atoms with Gasteiger partial charge in [0.15, 0.2) is 0 Å². The highest BCUT2D eigenvalue weighted by molar-refractivity contribution is 7.10. The van der Waals surface area contributed by atoms with E-state index in [9.17, 15) is 0 Å². The summed E-state index contributed by atoms with van der Waals surface area (Å²) in [5, 5.41) is 2.72. The van der Waals surface area contributed by atoms with Crippen LogP contribution in [0.1, 0.15) is 23.4 Å². The van der Waals surface area contributed by atoms with Gasteiger partial charge in [-0.3, -0.25) is 0 Å². The molecule has 2 rings (SSSR count). The molecule has 0 amide bonds. The summed E-state index contributed by atoms with van der Waals surface area (Å²) in [5.41, 5.74) is 6.58. The molecule has 0 aromatic carbocycles. The maximum absolute atomic E-state index is 6.33. The molecule has 2 aromatic heterocycles. The number of pyridine rings is 1. The summed E-state index contributed by atoms with van der Waals surface area (Å²) in [6.07, 6.45) is 1.75. The summed E-state index contributed by atoms with van der Waals surface area (Å²) < 4.78 is 0. The molecule has 0 saturated heterocycles. The fourth-order valence-corrected chi connectivity index (χ4v) is 2.93. The lowest BCUT2D eigenvalue weighted by molar-refractivity contribution is 0.741. The zero-order valence-electron chi connectivity index (χ0n) is 10.4. The van der Waals surface area contributed by atoms with Crippen LogP contribution in [0.2, 0.25) is 5.02 Å². The first-order valence-electron chi connectivity index (χ1n) is 5.74. The topological polar surface area (TPSA) is 42.2 Å². The second-order valence-electron chi connectivity index (χ2n) is 4.11. The Balaban J connectivity index is 2.31. The molecule has 1 atom stereocenters. The number of halogens is 1. The standard InChI is InChI=1S/C13H16ClN3S/c1-9(11-4-3-7-18-11)17(2)13-12(14)10(8-15)5-6-16-13/h3-7,9H,8,15H2,1-2H3. The Morgan fingerprint density at radius 1 is 1.50 bits per heavy atom. The van der Waals surface area contributed by atoms with Crippen LogP contribution in [0.4, 0.5) is 5.82 Å². The lowest BCUT2D eigenvalue weighted by Crippen LogP contribution is -2.22. The van der Waals surface area contributed by atoms with Gasteiger partial charge in [0.05, 0.1) is 11.1 Å². The van der Waals surface area contributed by atoms with Gasteiger partial charge in [-0.15, -0.1) is 11.3 Å². The SMILES string of the molecule is CC(c1cccs1)N(C)c1nccc(CN)c1Cl. The Hall–Kier alpha value is -1.10. The first kappa shape index (κ1) is 13.3. The predicted molar refractivity (Wildman–Crippen MR) is 78.3 cm³/mol. The lowest BCUT2D eigenvalue weighted by atomic mass is 10.2. The van der Waals surface area contributed by atoms with Crippen LogP contribution in [0.5, 0.6) is 0 Å². The molecule has 0 bridgehead atoms. The van der Waals surface area contributed by atoms with Gasteiger partial charge < -0.3 is 10.6 Å². The number of nitrogens with zero attached hydrogens (tertiary/aromatic N) is 2. The fourth-order valence-electron chi connectivity index (χ4n) is 1.78. The fraction of sp³-hybridized carbons (Fsp3) is 0.308. The minimum atomic E-state index is 0.239. The van der Waals surface area contributed by atoms with E-state index < -0.39 is 0 Å². The minimum Gasteiger partial charge on any atom is -0.351 e. The van der Waals surface area contributed by atoms with Crippen LogP contribution < -0.4 is 10.6 Å². The van der Waals surface area contributed by atoms with Crippen LogP contribution in [0, 0.1) is 0 Å². The van der Waals surface area contributed by atoms with Crippen molar-refractivity contribution in [3.8, 4) is 0 Å². The second-order valence-corrected chi connectivity index (χ2v) is 5.47. The Morgan fingerprint density at radius 3 is 2.89 bits per heavy atom. The van der Waals surface area contributed by atoms with Crippen molar-refractivity contribution in [2.45, 2.75) is 19.5 Å². The van der Waals surface area contributed by atoms with E-state index in [0.29, 0.717) is 11.6 Å². The Kier molecular flexibility index (Phi) is 4.22. The van der Waals surface area contributed by atoms with Crippen LogP contribution in [0.15, 0.2) is 29.8 Å². The summed E-state index contributed by atoms with van der Waals surface area (Å²) in [6.45, 7) is 2.56. The molecule has 1 unspecified atom stereocenters. The van der Waals surface area contributed by atoms with E-state index in [4.69, 9.17) is 17.3 Å². The highest BCUT2D eigenvalue weighted by Crippen LogP contribution is 2.32. The molecule has 0 saturated carbocycles. The molecule has 5 heteroatoms. The van der Waals surface area contributed by atoms with Gasteiger partial charge in [0, 0.05) is 24.7 Å². The average Bonchev–Trinajstić information content (AvgIpc) is 2.91. The van der Waals surface area contributed by atoms with Crippen LogP contribution in [0.25, 0.3) is 0 Å². The predicted octanol–water partition coefficient (Wildman–Crippen LogP) is 3.45. The smallest absolute Gasteiger partial charge is 0.147 e. The molecule has 0 aliphatic heterocycles. The normalized spacial score (nSPS) is 12.4. The van der Waals surface area contributed by atoms with Gasteiger partial charge in [-0.25, -0.2) is 4.98 Å². The lowest BCUT2D eigenvalue weighted by Gasteiger charge is -2.26. The number of nitrogens with two attached hydrogens (primary N) is 1. The third-order valence-corrected chi connectivity index (χ3v) is 4.50. The zero-order valence-corrected chi connectivity index (χ0v) is 12.0. The largest absolute Gasteiger partial charge is 0.351 e. The van der Waals surface area contributed by atoms with E-state index in [1.165, 1.54) is 4.88 Å². The third kappa shape index (κ3) is 2.51. The van der Waals surface area contributed by atoms with Gasteiger partial charge in [0.1, 0.15) is 5.82 Å². The second kappa shape index (κ2) is 5.69. The number of aromatic nitrogens is 1. The molecule has 0 spiro atoms. The molecule has 0 aliphatic carbocycles. The van der Waals surface area contributed by atoms with E-state index in [1.54, 1.807) is 17.5 Å². The molecule has 2 heterocycles. The van der Waals surface area contributed by atoms with Crippen LogP contribution in [-0.2, 0) is 6.54 Å². The average molecular weight is 282 g/mol. The van der Waals surface area contributed by atoms with Gasteiger partial charge in [-0.05, 0) is 30.0 Å². The molecule has 0 fully saturated rings. The van der Waals surface area contributed by atoms with Crippen molar-refractivity contribution in [1.29, 1.82) is 0 Å². The minimum absolute atomic E-state index is 0.239. The van der Waals surface area contributed by atoms with Gasteiger partial charge >= 0.3 is 0 Å². The molecule has 3 nitrogen and oxygen atoms in total. The number of anilines is 1. The molecule has 0 radical (unpaired) electrons. The number of hydrogen-bond acceptors (Lipinski definition) is 4. The van der Waals surface area contributed by atoms with Gasteiger partial charge in [0.2, 0.25) is 0 Å². The van der Waals surface area contributed by atoms with Crippen LogP contribution >= 0.6 is 22.9 Å². The molecule has 2 N–H and O–H groups in total. The van der Waals surface area contributed by atoms with Crippen molar-refractivity contribution >= 4 is 28.8 Å². The first-order valence-corrected chi connectivity index (χ1v) is 7.00. The maximum Gasteiger partial charge on any atom is 0.147 e. The molecule has 96 valence electrons. The summed E-state index contributed by atoms with van der Waals surface area (Å²) in [7, 11) is 2.00. The Labute approximate surface area is 116 Å². The Bertz CT molecular complexity index is 513. The van der Waals surface area contributed by atoms with Gasteiger partial charge in [-0.1, -0.05) is 17.7 Å². The maximum atomic E-state index is 6.33. The number of thiophene rings is 1. The van der Waals surface area contributed by atoms with Crippen molar-refractivity contribution in [2.24, 2.45) is 5.73 Å². The molecule has 18 heavy (non-hydrogen) atoms. The number of hydrogen-bond donors (Lipinski definition) is 1.